The van der Waals surface area contributed by atoms with E-state index in [4.69, 9.17) is 0 Å². The maximum atomic E-state index is 12.3. The standard InChI is InChI=1S/C15H22N2O.ClH/c1-12-7-3-4-8-13(12)11-17(2)15(18)14-9-5-6-10-16-14;/h3-4,7-8,14,16H,5-6,9-11H2,1-2H3;1H/t14-;/m0./s1. The van der Waals surface area contributed by atoms with E-state index in [1.54, 1.807) is 0 Å². The Hall–Kier alpha value is -1.06. The van der Waals surface area contributed by atoms with Crippen LogP contribution in [-0.4, -0.2) is 30.4 Å². The lowest BCUT2D eigenvalue weighted by Crippen LogP contribution is -2.47. The molecular weight excluding hydrogens is 260 g/mol. The van der Waals surface area contributed by atoms with Gasteiger partial charge in [-0.3, -0.25) is 4.79 Å². The number of nitrogens with zero attached hydrogens (tertiary/aromatic N) is 1. The van der Waals surface area contributed by atoms with Gasteiger partial charge in [0, 0.05) is 13.6 Å². The van der Waals surface area contributed by atoms with Crippen LogP contribution in [0.15, 0.2) is 24.3 Å². The predicted octanol–water partition coefficient (Wildman–Crippen LogP) is 2.52. The minimum atomic E-state index is 0. The SMILES string of the molecule is Cc1ccccc1CN(C)C(=O)[C@@H]1CCCCN1.Cl. The molecule has 0 radical (unpaired) electrons. The van der Waals surface area contributed by atoms with E-state index in [9.17, 15) is 4.79 Å². The molecule has 4 heteroatoms. The molecule has 1 saturated heterocycles. The summed E-state index contributed by atoms with van der Waals surface area (Å²) in [6.07, 6.45) is 3.31. The van der Waals surface area contributed by atoms with Crippen molar-refractivity contribution >= 4 is 18.3 Å². The summed E-state index contributed by atoms with van der Waals surface area (Å²) < 4.78 is 0. The molecule has 1 fully saturated rings. The van der Waals surface area contributed by atoms with Crippen LogP contribution in [0, 0.1) is 6.92 Å². The number of halogens is 1. The lowest BCUT2D eigenvalue weighted by molar-refractivity contribution is -0.133. The monoisotopic (exact) mass is 282 g/mol. The quantitative estimate of drug-likeness (QED) is 0.924. The van der Waals surface area contributed by atoms with Crippen LogP contribution < -0.4 is 5.32 Å². The number of carbonyl (C=O) groups excluding carboxylic acids is 1. The number of hydrogen-bond acceptors (Lipinski definition) is 2. The molecule has 0 aliphatic carbocycles. The van der Waals surface area contributed by atoms with E-state index >= 15 is 0 Å². The molecule has 0 spiro atoms. The lowest BCUT2D eigenvalue weighted by atomic mass is 10.0. The second kappa shape index (κ2) is 7.51. The highest BCUT2D eigenvalue weighted by molar-refractivity contribution is 5.85. The Morgan fingerprint density at radius 3 is 2.74 bits per heavy atom. The number of nitrogens with one attached hydrogen (secondary N) is 1. The molecule has 1 aromatic carbocycles. The third kappa shape index (κ3) is 4.22. The summed E-state index contributed by atoms with van der Waals surface area (Å²) in [5.74, 6) is 0.220. The van der Waals surface area contributed by atoms with Crippen LogP contribution >= 0.6 is 12.4 Å². The molecule has 1 aromatic rings. The van der Waals surface area contributed by atoms with Gasteiger partial charge < -0.3 is 10.2 Å². The highest BCUT2D eigenvalue weighted by Crippen LogP contribution is 2.13. The molecule has 0 saturated carbocycles. The summed E-state index contributed by atoms with van der Waals surface area (Å²) in [5.41, 5.74) is 2.47. The molecule has 1 amide bonds. The number of piperidine rings is 1. The minimum Gasteiger partial charge on any atom is -0.340 e. The maximum Gasteiger partial charge on any atom is 0.239 e. The summed E-state index contributed by atoms with van der Waals surface area (Å²) in [5, 5.41) is 3.31. The van der Waals surface area contributed by atoms with Crippen molar-refractivity contribution in [3.05, 3.63) is 35.4 Å². The molecule has 19 heavy (non-hydrogen) atoms. The fraction of sp³-hybridized carbons (Fsp3) is 0.533. The second-order valence-corrected chi connectivity index (χ2v) is 5.12. The molecular formula is C15H23ClN2O. The van der Waals surface area contributed by atoms with Crippen LogP contribution in [0.1, 0.15) is 30.4 Å². The zero-order chi connectivity index (χ0) is 13.0. The summed E-state index contributed by atoms with van der Waals surface area (Å²) in [6, 6.07) is 8.26. The van der Waals surface area contributed by atoms with Crippen molar-refractivity contribution in [2.24, 2.45) is 0 Å². The van der Waals surface area contributed by atoms with Crippen LogP contribution in [-0.2, 0) is 11.3 Å². The summed E-state index contributed by atoms with van der Waals surface area (Å²) in [4.78, 5) is 14.1. The van der Waals surface area contributed by atoms with Gasteiger partial charge in [-0.15, -0.1) is 12.4 Å². The first-order valence-corrected chi connectivity index (χ1v) is 6.71. The Bertz CT molecular complexity index is 416. The number of amides is 1. The van der Waals surface area contributed by atoms with Crippen molar-refractivity contribution in [3.63, 3.8) is 0 Å². The number of hydrogen-bond donors (Lipinski definition) is 1. The fourth-order valence-corrected chi connectivity index (χ4v) is 2.45. The smallest absolute Gasteiger partial charge is 0.239 e. The molecule has 1 N–H and O–H groups in total. The minimum absolute atomic E-state index is 0. The van der Waals surface area contributed by atoms with E-state index in [0.29, 0.717) is 6.54 Å². The Morgan fingerprint density at radius 2 is 2.11 bits per heavy atom. The van der Waals surface area contributed by atoms with Gasteiger partial charge in [0.1, 0.15) is 0 Å². The first-order chi connectivity index (χ1) is 8.68. The molecule has 1 aliphatic rings. The summed E-state index contributed by atoms with van der Waals surface area (Å²) >= 11 is 0. The van der Waals surface area contributed by atoms with Crippen molar-refractivity contribution in [3.8, 4) is 0 Å². The molecule has 1 atom stereocenters. The molecule has 0 unspecified atom stereocenters. The number of likely N-dealkylation sites (N-methyl/N-ethyl adjacent to an activating group) is 1. The fourth-order valence-electron chi connectivity index (χ4n) is 2.45. The van der Waals surface area contributed by atoms with Gasteiger partial charge in [0.25, 0.3) is 0 Å². The number of aryl methyl sites for hydroxylation is 1. The van der Waals surface area contributed by atoms with Crippen molar-refractivity contribution < 1.29 is 4.79 Å². The van der Waals surface area contributed by atoms with Crippen molar-refractivity contribution in [1.29, 1.82) is 0 Å². The van der Waals surface area contributed by atoms with Crippen LogP contribution in [0.5, 0.6) is 0 Å². The van der Waals surface area contributed by atoms with Crippen LogP contribution in [0.4, 0.5) is 0 Å². The van der Waals surface area contributed by atoms with E-state index < -0.39 is 0 Å². The molecule has 0 bridgehead atoms. The Morgan fingerprint density at radius 1 is 1.37 bits per heavy atom. The zero-order valence-corrected chi connectivity index (χ0v) is 12.5. The van der Waals surface area contributed by atoms with Crippen LogP contribution in [0.2, 0.25) is 0 Å². The first-order valence-electron chi connectivity index (χ1n) is 6.71. The van der Waals surface area contributed by atoms with Gasteiger partial charge in [-0.1, -0.05) is 30.7 Å². The highest BCUT2D eigenvalue weighted by Gasteiger charge is 2.23. The lowest BCUT2D eigenvalue weighted by Gasteiger charge is -2.27. The van der Waals surface area contributed by atoms with Crippen molar-refractivity contribution in [2.45, 2.75) is 38.8 Å². The van der Waals surface area contributed by atoms with Gasteiger partial charge in [0.05, 0.1) is 6.04 Å². The van der Waals surface area contributed by atoms with Gasteiger partial charge in [-0.25, -0.2) is 0 Å². The van der Waals surface area contributed by atoms with E-state index in [0.717, 1.165) is 19.4 Å². The molecule has 1 heterocycles. The first kappa shape index (κ1) is 16.0. The third-order valence-electron chi connectivity index (χ3n) is 3.65. The Labute approximate surface area is 121 Å². The van der Waals surface area contributed by atoms with Gasteiger partial charge in [0.15, 0.2) is 0 Å². The van der Waals surface area contributed by atoms with E-state index in [1.165, 1.54) is 17.5 Å². The predicted molar refractivity (Wildman–Crippen MR) is 80.5 cm³/mol. The van der Waals surface area contributed by atoms with Crippen molar-refractivity contribution in [2.75, 3.05) is 13.6 Å². The summed E-state index contributed by atoms with van der Waals surface area (Å²) in [7, 11) is 1.89. The average molecular weight is 283 g/mol. The van der Waals surface area contributed by atoms with Crippen molar-refractivity contribution in [1.82, 2.24) is 10.2 Å². The zero-order valence-electron chi connectivity index (χ0n) is 11.7. The number of benzene rings is 1. The normalized spacial score (nSPS) is 18.5. The highest BCUT2D eigenvalue weighted by atomic mass is 35.5. The van der Waals surface area contributed by atoms with E-state index in [1.807, 2.05) is 24.1 Å². The largest absolute Gasteiger partial charge is 0.340 e. The average Bonchev–Trinajstić information content (AvgIpc) is 2.41. The Balaban J connectivity index is 0.00000180. The van der Waals surface area contributed by atoms with Gasteiger partial charge >= 0.3 is 0 Å². The summed E-state index contributed by atoms with van der Waals surface area (Å²) in [6.45, 7) is 3.75. The van der Waals surface area contributed by atoms with Gasteiger partial charge in [0.2, 0.25) is 5.91 Å². The van der Waals surface area contributed by atoms with E-state index in [-0.39, 0.29) is 24.4 Å². The van der Waals surface area contributed by atoms with Gasteiger partial charge in [-0.2, -0.15) is 0 Å². The molecule has 0 aromatic heterocycles. The molecule has 1 aliphatic heterocycles. The van der Waals surface area contributed by atoms with Gasteiger partial charge in [-0.05, 0) is 37.4 Å². The van der Waals surface area contributed by atoms with E-state index in [2.05, 4.69) is 24.4 Å². The number of rotatable bonds is 3. The molecule has 3 nitrogen and oxygen atoms in total. The topological polar surface area (TPSA) is 32.3 Å². The van der Waals surface area contributed by atoms with Crippen LogP contribution in [0.25, 0.3) is 0 Å². The molecule has 2 rings (SSSR count). The second-order valence-electron chi connectivity index (χ2n) is 5.12. The maximum absolute atomic E-state index is 12.3. The van der Waals surface area contributed by atoms with Crippen LogP contribution in [0.3, 0.4) is 0 Å². The third-order valence-corrected chi connectivity index (χ3v) is 3.65. The Kier molecular flexibility index (Phi) is 6.32. The number of carbonyl (C=O) groups is 1. The molecule has 106 valence electrons.